The van der Waals surface area contributed by atoms with E-state index in [-0.39, 0.29) is 11.6 Å². The molecule has 33 heavy (non-hydrogen) atoms. The lowest BCUT2D eigenvalue weighted by Gasteiger charge is -2.17. The van der Waals surface area contributed by atoms with Crippen LogP contribution in [0.15, 0.2) is 72.4 Å². The van der Waals surface area contributed by atoms with Gasteiger partial charge in [0.2, 0.25) is 0 Å². The number of hydrogen-bond donors (Lipinski definition) is 1. The van der Waals surface area contributed by atoms with Gasteiger partial charge in [0.25, 0.3) is 11.8 Å². The molecule has 3 aromatic rings. The number of carbonyl (C=O) groups is 2. The van der Waals surface area contributed by atoms with Crippen LogP contribution >= 0.6 is 0 Å². The van der Waals surface area contributed by atoms with Crippen molar-refractivity contribution in [3.63, 3.8) is 0 Å². The van der Waals surface area contributed by atoms with Gasteiger partial charge in [-0.3, -0.25) is 9.59 Å². The smallest absolute Gasteiger partial charge is 0.282 e. The largest absolute Gasteiger partial charge is 0.497 e. The molecule has 1 N–H and O–H groups in total. The highest BCUT2D eigenvalue weighted by atomic mass is 16.5. The Balaban J connectivity index is 1.84. The Hall–Kier alpha value is -4.06. The number of anilines is 2. The number of aryl methyl sites for hydroxylation is 2. The number of nitrogens with one attached hydrogen (secondary N) is 1. The maximum Gasteiger partial charge on any atom is 0.282 e. The Labute approximate surface area is 193 Å². The fourth-order valence-corrected chi connectivity index (χ4v) is 3.97. The first kappa shape index (κ1) is 22.1. The molecule has 1 aliphatic heterocycles. The second-order valence-corrected chi connectivity index (χ2v) is 7.82. The maximum atomic E-state index is 13.6. The van der Waals surface area contributed by atoms with Crippen LogP contribution in [0.5, 0.6) is 11.5 Å². The molecule has 0 aliphatic carbocycles. The molecule has 0 spiro atoms. The summed E-state index contributed by atoms with van der Waals surface area (Å²) in [6.07, 6.45) is 0. The molecule has 0 saturated heterocycles. The fraction of sp³-hybridized carbons (Fsp3) is 0.185. The lowest BCUT2D eigenvalue weighted by molar-refractivity contribution is -0.120. The molecule has 3 aromatic carbocycles. The van der Waals surface area contributed by atoms with Crippen LogP contribution in [0.4, 0.5) is 11.4 Å². The number of hydrogen-bond acceptors (Lipinski definition) is 5. The topological polar surface area (TPSA) is 67.9 Å². The van der Waals surface area contributed by atoms with Gasteiger partial charge in [-0.1, -0.05) is 30.3 Å². The summed E-state index contributed by atoms with van der Waals surface area (Å²) in [6.45, 7) is 6.25. The van der Waals surface area contributed by atoms with Gasteiger partial charge in [-0.15, -0.1) is 0 Å². The molecule has 0 atom stereocenters. The van der Waals surface area contributed by atoms with Gasteiger partial charge in [0.1, 0.15) is 17.2 Å². The molecule has 0 aromatic heterocycles. The first-order valence-corrected chi connectivity index (χ1v) is 10.8. The van der Waals surface area contributed by atoms with Crippen LogP contribution in [-0.2, 0) is 9.59 Å². The van der Waals surface area contributed by atoms with Gasteiger partial charge in [0, 0.05) is 0 Å². The number of methoxy groups -OCH3 is 1. The zero-order valence-electron chi connectivity index (χ0n) is 19.1. The minimum absolute atomic E-state index is 0.205. The number of para-hydroxylation sites is 2. The zero-order valence-corrected chi connectivity index (χ0v) is 19.1. The zero-order chi connectivity index (χ0) is 23.5. The Kier molecular flexibility index (Phi) is 6.18. The van der Waals surface area contributed by atoms with Crippen LogP contribution < -0.4 is 19.7 Å². The molecular formula is C27H26N2O4. The summed E-state index contributed by atoms with van der Waals surface area (Å²) in [5, 5.41) is 3.19. The van der Waals surface area contributed by atoms with E-state index in [1.165, 1.54) is 4.90 Å². The van der Waals surface area contributed by atoms with Crippen molar-refractivity contribution in [1.29, 1.82) is 0 Å². The number of rotatable bonds is 7. The van der Waals surface area contributed by atoms with Crippen molar-refractivity contribution >= 4 is 28.8 Å². The fourth-order valence-electron chi connectivity index (χ4n) is 3.97. The average Bonchev–Trinajstić information content (AvgIpc) is 3.04. The van der Waals surface area contributed by atoms with E-state index in [1.54, 1.807) is 31.4 Å². The predicted molar refractivity (Wildman–Crippen MR) is 130 cm³/mol. The molecule has 0 radical (unpaired) electrons. The number of carbonyl (C=O) groups excluding carboxylic acids is 2. The molecule has 168 valence electrons. The highest BCUT2D eigenvalue weighted by Crippen LogP contribution is 2.36. The molecule has 0 bridgehead atoms. The summed E-state index contributed by atoms with van der Waals surface area (Å²) in [4.78, 5) is 28.5. The lowest BCUT2D eigenvalue weighted by Crippen LogP contribution is -2.32. The van der Waals surface area contributed by atoms with E-state index in [1.807, 2.05) is 63.2 Å². The first-order chi connectivity index (χ1) is 15.9. The number of benzene rings is 3. The third-order valence-corrected chi connectivity index (χ3v) is 5.37. The van der Waals surface area contributed by atoms with Crippen molar-refractivity contribution in [2.24, 2.45) is 0 Å². The molecule has 2 amide bonds. The molecule has 1 aliphatic rings. The van der Waals surface area contributed by atoms with Crippen molar-refractivity contribution in [3.8, 4) is 11.5 Å². The van der Waals surface area contributed by atoms with Crippen molar-refractivity contribution < 1.29 is 19.1 Å². The maximum absolute atomic E-state index is 13.6. The molecule has 0 unspecified atom stereocenters. The number of amides is 2. The Morgan fingerprint density at radius 1 is 0.879 bits per heavy atom. The van der Waals surface area contributed by atoms with E-state index < -0.39 is 5.91 Å². The van der Waals surface area contributed by atoms with Crippen LogP contribution in [0.1, 0.15) is 23.6 Å². The molecule has 0 saturated carbocycles. The Morgan fingerprint density at radius 2 is 1.55 bits per heavy atom. The first-order valence-electron chi connectivity index (χ1n) is 10.8. The van der Waals surface area contributed by atoms with Crippen LogP contribution in [0.25, 0.3) is 5.57 Å². The van der Waals surface area contributed by atoms with Crippen molar-refractivity contribution in [3.05, 3.63) is 89.1 Å². The van der Waals surface area contributed by atoms with E-state index in [9.17, 15) is 9.59 Å². The Morgan fingerprint density at radius 3 is 2.18 bits per heavy atom. The van der Waals surface area contributed by atoms with E-state index in [0.29, 0.717) is 40.6 Å². The van der Waals surface area contributed by atoms with Crippen LogP contribution in [0.2, 0.25) is 0 Å². The monoisotopic (exact) mass is 442 g/mol. The van der Waals surface area contributed by atoms with Crippen molar-refractivity contribution in [2.75, 3.05) is 23.9 Å². The second-order valence-electron chi connectivity index (χ2n) is 7.82. The number of nitrogens with zero attached hydrogens (tertiary/aromatic N) is 1. The van der Waals surface area contributed by atoms with Gasteiger partial charge >= 0.3 is 0 Å². The minimum Gasteiger partial charge on any atom is -0.497 e. The quantitative estimate of drug-likeness (QED) is 0.515. The normalized spacial score (nSPS) is 13.5. The minimum atomic E-state index is -0.415. The standard InChI is InChI=1S/C27H26N2O4/c1-5-33-23-9-7-6-8-22(23)28-25-24(19-10-12-21(32-4)13-11-19)26(30)29(27(25)31)20-15-17(2)14-18(3)16-20/h6-16,28H,5H2,1-4H3. The number of ether oxygens (including phenoxy) is 2. The van der Waals surface area contributed by atoms with Gasteiger partial charge in [-0.2, -0.15) is 0 Å². The molecule has 4 rings (SSSR count). The average molecular weight is 443 g/mol. The number of imide groups is 1. The van der Waals surface area contributed by atoms with Gasteiger partial charge in [0.05, 0.1) is 30.7 Å². The van der Waals surface area contributed by atoms with Crippen LogP contribution in [0.3, 0.4) is 0 Å². The highest BCUT2D eigenvalue weighted by molar-refractivity contribution is 6.46. The predicted octanol–water partition coefficient (Wildman–Crippen LogP) is 5.11. The Bertz CT molecular complexity index is 1220. The van der Waals surface area contributed by atoms with E-state index in [4.69, 9.17) is 9.47 Å². The van der Waals surface area contributed by atoms with E-state index in [2.05, 4.69) is 5.32 Å². The van der Waals surface area contributed by atoms with Crippen molar-refractivity contribution in [2.45, 2.75) is 20.8 Å². The van der Waals surface area contributed by atoms with E-state index in [0.717, 1.165) is 11.1 Å². The van der Waals surface area contributed by atoms with Crippen molar-refractivity contribution in [1.82, 2.24) is 0 Å². The summed E-state index contributed by atoms with van der Waals surface area (Å²) < 4.78 is 11.0. The molecule has 6 heteroatoms. The van der Waals surface area contributed by atoms with E-state index >= 15 is 0 Å². The summed E-state index contributed by atoms with van der Waals surface area (Å²) in [5.41, 5.74) is 4.23. The highest BCUT2D eigenvalue weighted by Gasteiger charge is 2.40. The van der Waals surface area contributed by atoms with Gasteiger partial charge < -0.3 is 14.8 Å². The van der Waals surface area contributed by atoms with Crippen LogP contribution in [0, 0.1) is 13.8 Å². The SMILES string of the molecule is CCOc1ccccc1NC1=C(c2ccc(OC)cc2)C(=O)N(c2cc(C)cc(C)c2)C1=O. The second kappa shape index (κ2) is 9.20. The molecular weight excluding hydrogens is 416 g/mol. The summed E-state index contributed by atoms with van der Waals surface area (Å²) in [6, 6.07) is 20.1. The third-order valence-electron chi connectivity index (χ3n) is 5.37. The summed E-state index contributed by atoms with van der Waals surface area (Å²) >= 11 is 0. The summed E-state index contributed by atoms with van der Waals surface area (Å²) in [5.74, 6) is 0.471. The third kappa shape index (κ3) is 4.32. The lowest BCUT2D eigenvalue weighted by atomic mass is 10.0. The molecule has 1 heterocycles. The van der Waals surface area contributed by atoms with Gasteiger partial charge in [0.15, 0.2) is 0 Å². The van der Waals surface area contributed by atoms with Crippen LogP contribution in [-0.4, -0.2) is 25.5 Å². The van der Waals surface area contributed by atoms with Gasteiger partial charge in [-0.05, 0) is 73.9 Å². The molecule has 6 nitrogen and oxygen atoms in total. The van der Waals surface area contributed by atoms with Gasteiger partial charge in [-0.25, -0.2) is 4.90 Å². The summed E-state index contributed by atoms with van der Waals surface area (Å²) in [7, 11) is 1.58. The molecule has 0 fully saturated rings.